The van der Waals surface area contributed by atoms with E-state index in [1.54, 1.807) is 28.3 Å². The Morgan fingerprint density at radius 1 is 1.30 bits per heavy atom. The van der Waals surface area contributed by atoms with Gasteiger partial charge in [-0.1, -0.05) is 13.8 Å². The summed E-state index contributed by atoms with van der Waals surface area (Å²) in [4.78, 5) is 17.7. The van der Waals surface area contributed by atoms with Crippen molar-refractivity contribution in [2.45, 2.75) is 38.8 Å². The molecule has 0 saturated heterocycles. The first kappa shape index (κ1) is 19.7. The second-order valence-electron chi connectivity index (χ2n) is 6.93. The van der Waals surface area contributed by atoms with Gasteiger partial charge in [-0.25, -0.2) is 4.99 Å². The topological polar surface area (TPSA) is 75.2 Å². The van der Waals surface area contributed by atoms with Gasteiger partial charge in [0.05, 0.1) is 12.2 Å². The summed E-state index contributed by atoms with van der Waals surface area (Å²) in [5.74, 6) is 0.598. The quantitative estimate of drug-likeness (QED) is 0.403. The number of likely N-dealkylation sites (N-methyl/N-ethyl adjacent to an activating group) is 1. The van der Waals surface area contributed by atoms with Crippen molar-refractivity contribution in [1.29, 1.82) is 0 Å². The summed E-state index contributed by atoms with van der Waals surface area (Å²) in [7, 11) is 6.85. The van der Waals surface area contributed by atoms with Gasteiger partial charge in [0, 0.05) is 46.3 Å². The van der Waals surface area contributed by atoms with Gasteiger partial charge in [0.15, 0.2) is 5.96 Å². The first-order valence-corrected chi connectivity index (χ1v) is 7.97. The lowest BCUT2D eigenvalue weighted by atomic mass is 9.56. The Bertz CT molecular complexity index is 437. The van der Waals surface area contributed by atoms with Crippen molar-refractivity contribution in [3.63, 3.8) is 0 Å². The fourth-order valence-electron chi connectivity index (χ4n) is 2.60. The van der Waals surface area contributed by atoms with Crippen LogP contribution in [0.4, 0.5) is 0 Å². The number of hydrogen-bond acceptors (Lipinski definition) is 4. The van der Waals surface area contributed by atoms with E-state index in [0.717, 1.165) is 6.42 Å². The summed E-state index contributed by atoms with van der Waals surface area (Å²) in [6.45, 7) is 7.80. The van der Waals surface area contributed by atoms with Gasteiger partial charge in [0.2, 0.25) is 5.91 Å². The molecule has 23 heavy (non-hydrogen) atoms. The molecule has 2 atom stereocenters. The van der Waals surface area contributed by atoms with E-state index in [1.807, 2.05) is 0 Å². The second kappa shape index (κ2) is 7.97. The normalized spacial score (nSPS) is 26.4. The zero-order valence-corrected chi connectivity index (χ0v) is 15.5. The van der Waals surface area contributed by atoms with Crippen molar-refractivity contribution < 1.29 is 14.3 Å². The molecule has 2 unspecified atom stereocenters. The number of amides is 1. The molecule has 1 rings (SSSR count). The molecule has 2 N–H and O–H groups in total. The molecule has 7 heteroatoms. The van der Waals surface area contributed by atoms with E-state index in [0.29, 0.717) is 19.1 Å². The number of aliphatic imine (C=N–C) groups is 1. The minimum Gasteiger partial charge on any atom is -0.383 e. The molecule has 1 saturated carbocycles. The first-order chi connectivity index (χ1) is 10.7. The molecule has 0 heterocycles. The SMILES string of the molecule is COCCNC(=NCC(=O)N(C)C)NC1CC(C)(OC)C1(C)C. The molecule has 1 fully saturated rings. The first-order valence-electron chi connectivity index (χ1n) is 7.97. The highest BCUT2D eigenvalue weighted by Crippen LogP contribution is 2.51. The number of hydrogen-bond donors (Lipinski definition) is 2. The van der Waals surface area contributed by atoms with Gasteiger partial charge in [0.1, 0.15) is 6.54 Å². The van der Waals surface area contributed by atoms with E-state index in [9.17, 15) is 4.79 Å². The summed E-state index contributed by atoms with van der Waals surface area (Å²) < 4.78 is 10.7. The third-order valence-electron chi connectivity index (χ3n) is 5.06. The largest absolute Gasteiger partial charge is 0.383 e. The number of nitrogens with zero attached hydrogens (tertiary/aromatic N) is 2. The highest BCUT2D eigenvalue weighted by Gasteiger charge is 2.58. The van der Waals surface area contributed by atoms with Crippen molar-refractivity contribution in [2.75, 3.05) is 48.0 Å². The molecular weight excluding hydrogens is 296 g/mol. The maximum Gasteiger partial charge on any atom is 0.243 e. The highest BCUT2D eigenvalue weighted by atomic mass is 16.5. The lowest BCUT2D eigenvalue weighted by Crippen LogP contribution is -2.69. The van der Waals surface area contributed by atoms with Crippen LogP contribution in [0.25, 0.3) is 0 Å². The Kier molecular flexibility index (Phi) is 6.83. The number of methoxy groups -OCH3 is 2. The third kappa shape index (κ3) is 4.57. The lowest BCUT2D eigenvalue weighted by molar-refractivity contribution is -0.176. The monoisotopic (exact) mass is 328 g/mol. The fourth-order valence-corrected chi connectivity index (χ4v) is 2.60. The number of ether oxygens (including phenoxy) is 2. The zero-order valence-electron chi connectivity index (χ0n) is 15.5. The number of rotatable bonds is 7. The maximum atomic E-state index is 11.7. The van der Waals surface area contributed by atoms with Gasteiger partial charge in [-0.05, 0) is 13.3 Å². The lowest BCUT2D eigenvalue weighted by Gasteiger charge is -2.59. The predicted molar refractivity (Wildman–Crippen MR) is 91.6 cm³/mol. The molecule has 1 aliphatic carbocycles. The van der Waals surface area contributed by atoms with Crippen LogP contribution in [-0.2, 0) is 14.3 Å². The van der Waals surface area contributed by atoms with Crippen LogP contribution in [0.15, 0.2) is 4.99 Å². The van der Waals surface area contributed by atoms with Gasteiger partial charge in [-0.15, -0.1) is 0 Å². The molecule has 0 aromatic heterocycles. The van der Waals surface area contributed by atoms with E-state index in [4.69, 9.17) is 9.47 Å². The molecule has 0 radical (unpaired) electrons. The van der Waals surface area contributed by atoms with E-state index in [2.05, 4.69) is 36.4 Å². The van der Waals surface area contributed by atoms with E-state index >= 15 is 0 Å². The zero-order chi connectivity index (χ0) is 17.7. The van der Waals surface area contributed by atoms with Crippen molar-refractivity contribution in [1.82, 2.24) is 15.5 Å². The van der Waals surface area contributed by atoms with E-state index in [1.165, 1.54) is 4.90 Å². The second-order valence-corrected chi connectivity index (χ2v) is 6.93. The molecule has 0 aromatic rings. The Hall–Kier alpha value is -1.34. The van der Waals surface area contributed by atoms with E-state index in [-0.39, 0.29) is 29.5 Å². The van der Waals surface area contributed by atoms with Crippen LogP contribution < -0.4 is 10.6 Å². The summed E-state index contributed by atoms with van der Waals surface area (Å²) in [6.07, 6.45) is 0.892. The average Bonchev–Trinajstić information content (AvgIpc) is 2.50. The molecule has 134 valence electrons. The van der Waals surface area contributed by atoms with Crippen LogP contribution in [0.1, 0.15) is 27.2 Å². The predicted octanol–water partition coefficient (Wildman–Crippen LogP) is 0.460. The molecule has 1 amide bonds. The van der Waals surface area contributed by atoms with Gasteiger partial charge in [-0.3, -0.25) is 4.79 Å². The smallest absolute Gasteiger partial charge is 0.243 e. The number of carbonyl (C=O) groups excluding carboxylic acids is 1. The van der Waals surface area contributed by atoms with E-state index < -0.39 is 0 Å². The number of guanidine groups is 1. The minimum absolute atomic E-state index is 0.0307. The Morgan fingerprint density at radius 3 is 2.43 bits per heavy atom. The summed E-state index contributed by atoms with van der Waals surface area (Å²) in [5.41, 5.74) is -0.182. The number of nitrogens with one attached hydrogen (secondary N) is 2. The molecular formula is C16H32N4O3. The molecule has 1 aliphatic rings. The average molecular weight is 328 g/mol. The summed E-state index contributed by atoms with van der Waals surface area (Å²) in [6, 6.07) is 0.232. The molecule has 0 spiro atoms. The van der Waals surface area contributed by atoms with Crippen molar-refractivity contribution >= 4 is 11.9 Å². The van der Waals surface area contributed by atoms with Crippen molar-refractivity contribution in [3.8, 4) is 0 Å². The van der Waals surface area contributed by atoms with Crippen LogP contribution in [0.5, 0.6) is 0 Å². The van der Waals surface area contributed by atoms with Crippen LogP contribution in [0.3, 0.4) is 0 Å². The summed E-state index contributed by atoms with van der Waals surface area (Å²) >= 11 is 0. The summed E-state index contributed by atoms with van der Waals surface area (Å²) in [5, 5.41) is 6.62. The van der Waals surface area contributed by atoms with Crippen LogP contribution in [0, 0.1) is 5.41 Å². The molecule has 7 nitrogen and oxygen atoms in total. The van der Waals surface area contributed by atoms with Crippen LogP contribution in [-0.4, -0.2) is 76.4 Å². The van der Waals surface area contributed by atoms with Crippen molar-refractivity contribution in [3.05, 3.63) is 0 Å². The number of carbonyl (C=O) groups is 1. The Balaban J connectivity index is 2.70. The minimum atomic E-state index is -0.151. The van der Waals surface area contributed by atoms with Crippen LogP contribution >= 0.6 is 0 Å². The Labute approximate surface area is 139 Å². The van der Waals surface area contributed by atoms with Gasteiger partial charge in [-0.2, -0.15) is 0 Å². The van der Waals surface area contributed by atoms with Crippen LogP contribution in [0.2, 0.25) is 0 Å². The fraction of sp³-hybridized carbons (Fsp3) is 0.875. The Morgan fingerprint density at radius 2 is 1.96 bits per heavy atom. The van der Waals surface area contributed by atoms with Gasteiger partial charge < -0.3 is 25.0 Å². The van der Waals surface area contributed by atoms with Gasteiger partial charge in [0.25, 0.3) is 0 Å². The molecule has 0 aliphatic heterocycles. The van der Waals surface area contributed by atoms with Crippen molar-refractivity contribution in [2.24, 2.45) is 10.4 Å². The molecule has 0 bridgehead atoms. The maximum absolute atomic E-state index is 11.7. The molecule has 0 aromatic carbocycles. The van der Waals surface area contributed by atoms with Gasteiger partial charge >= 0.3 is 0 Å². The standard InChI is InChI=1S/C16H32N4O3/c1-15(2)12(10-16(15,3)23-7)19-14(17-8-9-22-6)18-11-13(21)20(4)5/h12H,8-11H2,1-7H3,(H2,17,18,19). The highest BCUT2D eigenvalue weighted by molar-refractivity contribution is 5.85. The third-order valence-corrected chi connectivity index (χ3v) is 5.06.